The number of aryl methyl sites for hydroxylation is 1. The van der Waals surface area contributed by atoms with E-state index in [0.717, 1.165) is 31.7 Å². The zero-order valence-corrected chi connectivity index (χ0v) is 17.1. The van der Waals surface area contributed by atoms with Crippen molar-refractivity contribution in [1.82, 2.24) is 0 Å². The largest absolute Gasteiger partial charge is 0.498 e. The molecule has 0 aliphatic rings. The molecule has 1 aromatic rings. The van der Waals surface area contributed by atoms with Gasteiger partial charge in [0.1, 0.15) is 0 Å². The summed E-state index contributed by atoms with van der Waals surface area (Å²) in [7, 11) is -3.15. The fourth-order valence-electron chi connectivity index (χ4n) is 2.82. The Morgan fingerprint density at radius 2 is 1.54 bits per heavy atom. The van der Waals surface area contributed by atoms with Crippen molar-refractivity contribution in [1.29, 1.82) is 0 Å². The Balaban J connectivity index is 2.36. The van der Waals surface area contributed by atoms with Crippen LogP contribution >= 0.6 is 0 Å². The first-order chi connectivity index (χ1) is 12.0. The Kier molecular flexibility index (Phi) is 9.30. The fraction of sp³-hybridized carbons (Fsp3) is 0.684. The molecule has 0 heterocycles. The molecule has 0 radical (unpaired) electrons. The van der Waals surface area contributed by atoms with Gasteiger partial charge in [0.25, 0.3) is 0 Å². The highest BCUT2D eigenvalue weighted by Crippen LogP contribution is 2.30. The topological polar surface area (TPSA) is 38.7 Å². The molecule has 0 fully saturated rings. The highest BCUT2D eigenvalue weighted by atomic mass is 28.4. The van der Waals surface area contributed by atoms with Crippen LogP contribution in [-0.4, -0.2) is 25.8 Å². The van der Waals surface area contributed by atoms with Crippen LogP contribution in [0.1, 0.15) is 64.5 Å². The summed E-state index contributed by atoms with van der Waals surface area (Å²) in [6.45, 7) is 7.49. The maximum absolute atomic E-state index is 12.7. The van der Waals surface area contributed by atoms with Crippen molar-refractivity contribution in [3.63, 3.8) is 0 Å². The average molecular weight is 393 g/mol. The lowest BCUT2D eigenvalue weighted by atomic mass is 10.0. The van der Waals surface area contributed by atoms with Gasteiger partial charge in [-0.15, -0.1) is 0 Å². The normalized spacial score (nSPS) is 13.0. The van der Waals surface area contributed by atoms with Gasteiger partial charge in [-0.2, -0.15) is 13.2 Å². The summed E-state index contributed by atoms with van der Waals surface area (Å²) in [5.41, 5.74) is 0.111. The van der Waals surface area contributed by atoms with Crippen molar-refractivity contribution in [2.75, 3.05) is 0 Å². The lowest BCUT2D eigenvalue weighted by molar-refractivity contribution is -0.137. The van der Waals surface area contributed by atoms with Crippen LogP contribution in [0.15, 0.2) is 24.3 Å². The molecular formula is C19H31F3O3Si. The summed E-state index contributed by atoms with van der Waals surface area (Å²) in [6, 6.07) is 6.01. The number of hydrogen-bond acceptors (Lipinski definition) is 3. The van der Waals surface area contributed by atoms with Gasteiger partial charge in [-0.25, -0.2) is 0 Å². The van der Waals surface area contributed by atoms with Gasteiger partial charge >= 0.3 is 15.0 Å². The van der Waals surface area contributed by atoms with Gasteiger partial charge < -0.3 is 13.6 Å². The molecule has 0 aliphatic carbocycles. The summed E-state index contributed by atoms with van der Waals surface area (Å²) in [5.74, 6) is 0. The predicted molar refractivity (Wildman–Crippen MR) is 98.8 cm³/mol. The van der Waals surface area contributed by atoms with E-state index in [9.17, 15) is 18.0 Å². The third-order valence-electron chi connectivity index (χ3n) is 3.80. The van der Waals surface area contributed by atoms with Gasteiger partial charge in [-0.1, -0.05) is 31.0 Å². The Bertz CT molecular complexity index is 523. The van der Waals surface area contributed by atoms with Crippen LogP contribution in [0.5, 0.6) is 0 Å². The average Bonchev–Trinajstić information content (AvgIpc) is 2.48. The molecule has 0 unspecified atom stereocenters. The van der Waals surface area contributed by atoms with Crippen LogP contribution in [0.4, 0.5) is 13.2 Å². The van der Waals surface area contributed by atoms with E-state index in [4.69, 9.17) is 8.85 Å². The molecule has 7 heteroatoms. The maximum Gasteiger partial charge on any atom is 0.498 e. The predicted octanol–water partition coefficient (Wildman–Crippen LogP) is 5.59. The Labute approximate surface area is 155 Å². The first-order valence-electron chi connectivity index (χ1n) is 9.26. The number of benzene rings is 1. The van der Waals surface area contributed by atoms with E-state index < -0.39 is 20.5 Å². The second-order valence-corrected chi connectivity index (χ2v) is 9.56. The first kappa shape index (κ1) is 23.1. The van der Waals surface area contributed by atoms with Crippen molar-refractivity contribution in [3.05, 3.63) is 35.4 Å². The number of alkyl halides is 3. The smallest absolute Gasteiger partial charge is 0.390 e. The first-order valence-corrected chi connectivity index (χ1v) is 11.2. The molecule has 0 saturated carbocycles. The zero-order chi connectivity index (χ0) is 19.8. The molecule has 1 rings (SSSR count). The summed E-state index contributed by atoms with van der Waals surface area (Å²) in [4.78, 5) is 10.6. The summed E-state index contributed by atoms with van der Waals surface area (Å²) in [5, 5.41) is 0. The number of halogens is 3. The third kappa shape index (κ3) is 9.16. The lowest BCUT2D eigenvalue weighted by Gasteiger charge is -2.28. The van der Waals surface area contributed by atoms with Crippen LogP contribution in [0, 0.1) is 0 Å². The molecule has 0 bridgehead atoms. The lowest BCUT2D eigenvalue weighted by Crippen LogP contribution is -2.46. The third-order valence-corrected chi connectivity index (χ3v) is 6.47. The van der Waals surface area contributed by atoms with E-state index in [1.807, 2.05) is 27.7 Å². The SMILES string of the molecule is CC(C)O[Si](O)(CCCCCCc1cccc(C(F)(F)F)c1)OC(C)C. The quantitative estimate of drug-likeness (QED) is 0.394. The molecule has 0 aromatic heterocycles. The molecule has 0 atom stereocenters. The van der Waals surface area contributed by atoms with Gasteiger partial charge in [-0.05, 0) is 58.6 Å². The van der Waals surface area contributed by atoms with Gasteiger partial charge in [0.2, 0.25) is 0 Å². The Morgan fingerprint density at radius 3 is 2.08 bits per heavy atom. The summed E-state index contributed by atoms with van der Waals surface area (Å²) >= 11 is 0. The summed E-state index contributed by atoms with van der Waals surface area (Å²) in [6.07, 6.45) is -0.476. The van der Waals surface area contributed by atoms with E-state index in [1.54, 1.807) is 6.07 Å². The number of rotatable bonds is 11. The fourth-order valence-corrected chi connectivity index (χ4v) is 5.28. The van der Waals surface area contributed by atoms with Crippen molar-refractivity contribution in [2.45, 2.75) is 84.2 Å². The van der Waals surface area contributed by atoms with E-state index in [2.05, 4.69) is 0 Å². The minimum absolute atomic E-state index is 0.0914. The second kappa shape index (κ2) is 10.4. The van der Waals surface area contributed by atoms with E-state index in [1.165, 1.54) is 12.1 Å². The molecule has 0 spiro atoms. The van der Waals surface area contributed by atoms with E-state index in [-0.39, 0.29) is 12.2 Å². The Morgan fingerprint density at radius 1 is 0.962 bits per heavy atom. The van der Waals surface area contributed by atoms with E-state index in [0.29, 0.717) is 18.0 Å². The molecule has 0 aliphatic heterocycles. The highest BCUT2D eigenvalue weighted by molar-refractivity contribution is 6.59. The zero-order valence-electron chi connectivity index (χ0n) is 16.1. The monoisotopic (exact) mass is 392 g/mol. The standard InChI is InChI=1S/C19H31F3O3Si/c1-15(2)24-26(23,25-16(3)4)13-8-6-5-7-10-17-11-9-12-18(14-17)19(20,21)22/h9,11-12,14-16,23H,5-8,10,13H2,1-4H3. The summed E-state index contributed by atoms with van der Waals surface area (Å²) < 4.78 is 49.4. The van der Waals surface area contributed by atoms with Crippen LogP contribution in [0.25, 0.3) is 0 Å². The van der Waals surface area contributed by atoms with Gasteiger partial charge in [0, 0.05) is 18.3 Å². The minimum Gasteiger partial charge on any atom is -0.390 e. The van der Waals surface area contributed by atoms with Crippen molar-refractivity contribution >= 4 is 8.80 Å². The Hall–Kier alpha value is -0.893. The van der Waals surface area contributed by atoms with Crippen molar-refractivity contribution in [3.8, 4) is 0 Å². The molecule has 1 aromatic carbocycles. The van der Waals surface area contributed by atoms with E-state index >= 15 is 0 Å². The maximum atomic E-state index is 12.7. The molecule has 0 saturated heterocycles. The van der Waals surface area contributed by atoms with Crippen LogP contribution in [0.2, 0.25) is 6.04 Å². The van der Waals surface area contributed by atoms with Crippen molar-refractivity contribution < 1.29 is 26.8 Å². The van der Waals surface area contributed by atoms with Gasteiger partial charge in [-0.3, -0.25) is 0 Å². The second-order valence-electron chi connectivity index (χ2n) is 7.16. The van der Waals surface area contributed by atoms with Crippen LogP contribution in [0.3, 0.4) is 0 Å². The van der Waals surface area contributed by atoms with Gasteiger partial charge in [0.05, 0.1) is 5.56 Å². The van der Waals surface area contributed by atoms with Crippen LogP contribution < -0.4 is 0 Å². The molecular weight excluding hydrogens is 361 g/mol. The molecule has 0 amide bonds. The molecule has 1 N–H and O–H groups in total. The minimum atomic E-state index is -4.29. The molecule has 3 nitrogen and oxygen atoms in total. The molecule has 26 heavy (non-hydrogen) atoms. The number of unbranched alkanes of at least 4 members (excludes halogenated alkanes) is 3. The molecule has 150 valence electrons. The van der Waals surface area contributed by atoms with Crippen molar-refractivity contribution in [2.24, 2.45) is 0 Å². The van der Waals surface area contributed by atoms with Crippen LogP contribution in [-0.2, 0) is 21.4 Å². The highest BCUT2D eigenvalue weighted by Gasteiger charge is 2.38. The number of hydrogen-bond donors (Lipinski definition) is 1. The van der Waals surface area contributed by atoms with Gasteiger partial charge in [0.15, 0.2) is 0 Å².